The maximum atomic E-state index is 3.58. The summed E-state index contributed by atoms with van der Waals surface area (Å²) in [6.45, 7) is 10.1. The predicted octanol–water partition coefficient (Wildman–Crippen LogP) is 1.19. The van der Waals surface area contributed by atoms with E-state index in [-0.39, 0.29) is 0 Å². The zero-order chi connectivity index (χ0) is 8.43. The second-order valence-electron chi connectivity index (χ2n) is 4.15. The Morgan fingerprint density at radius 3 is 2.00 bits per heavy atom. The summed E-state index contributed by atoms with van der Waals surface area (Å²) in [5.74, 6) is 1.44. The molecule has 2 nitrogen and oxygen atoms in total. The van der Waals surface area contributed by atoms with Gasteiger partial charge in [-0.3, -0.25) is 5.32 Å². The van der Waals surface area contributed by atoms with Crippen LogP contribution in [0.15, 0.2) is 0 Å². The van der Waals surface area contributed by atoms with Crippen molar-refractivity contribution < 1.29 is 0 Å². The monoisotopic (exact) mass is 156 g/mol. The third-order valence-electron chi connectivity index (χ3n) is 2.42. The fourth-order valence-corrected chi connectivity index (χ4v) is 1.46. The number of hydrogen-bond donors (Lipinski definition) is 2. The van der Waals surface area contributed by atoms with E-state index in [0.29, 0.717) is 18.1 Å². The van der Waals surface area contributed by atoms with Crippen molar-refractivity contribution in [2.45, 2.75) is 39.9 Å². The van der Waals surface area contributed by atoms with E-state index in [1.165, 1.54) is 0 Å². The molecule has 0 radical (unpaired) electrons. The van der Waals surface area contributed by atoms with Crippen molar-refractivity contribution in [3.63, 3.8) is 0 Å². The Labute approximate surface area is 69.8 Å². The molecule has 0 aromatic heterocycles. The topological polar surface area (TPSA) is 24.1 Å². The highest BCUT2D eigenvalue weighted by Crippen LogP contribution is 2.10. The van der Waals surface area contributed by atoms with Gasteiger partial charge in [-0.1, -0.05) is 27.7 Å². The molecule has 1 heterocycles. The van der Waals surface area contributed by atoms with Gasteiger partial charge >= 0.3 is 0 Å². The summed E-state index contributed by atoms with van der Waals surface area (Å²) in [4.78, 5) is 0. The molecular formula is C9H20N2. The lowest BCUT2D eigenvalue weighted by atomic mass is 10.1. The minimum atomic E-state index is 0.530. The Hall–Kier alpha value is -0.0800. The lowest BCUT2D eigenvalue weighted by Gasteiger charge is -2.18. The van der Waals surface area contributed by atoms with Crippen LogP contribution in [-0.4, -0.2) is 18.8 Å². The lowest BCUT2D eigenvalue weighted by molar-refractivity contribution is 0.377. The van der Waals surface area contributed by atoms with Gasteiger partial charge in [-0.15, -0.1) is 0 Å². The van der Waals surface area contributed by atoms with Crippen LogP contribution in [0, 0.1) is 11.8 Å². The molecule has 1 fully saturated rings. The molecule has 0 aromatic carbocycles. The minimum Gasteiger partial charge on any atom is -0.300 e. The molecule has 0 aromatic rings. The van der Waals surface area contributed by atoms with E-state index in [9.17, 15) is 0 Å². The van der Waals surface area contributed by atoms with E-state index in [1.807, 2.05) is 0 Å². The maximum absolute atomic E-state index is 3.58. The largest absolute Gasteiger partial charge is 0.300 e. The maximum Gasteiger partial charge on any atom is 0.0598 e. The van der Waals surface area contributed by atoms with E-state index in [4.69, 9.17) is 0 Å². The molecule has 1 aliphatic heterocycles. The molecule has 0 spiro atoms. The smallest absolute Gasteiger partial charge is 0.0598 e. The van der Waals surface area contributed by atoms with Gasteiger partial charge in [-0.05, 0) is 11.8 Å². The van der Waals surface area contributed by atoms with E-state index < -0.39 is 0 Å². The van der Waals surface area contributed by atoms with Crippen LogP contribution >= 0.6 is 0 Å². The third kappa shape index (κ3) is 2.17. The number of rotatable bonds is 2. The number of hydrogen-bond acceptors (Lipinski definition) is 2. The molecule has 11 heavy (non-hydrogen) atoms. The summed E-state index contributed by atoms with van der Waals surface area (Å²) in [5, 5.41) is 7.06. The molecule has 66 valence electrons. The molecule has 2 atom stereocenters. The van der Waals surface area contributed by atoms with E-state index in [2.05, 4.69) is 38.3 Å². The standard InChI is InChI=1S/C9H20N2/c1-6(2)8-5-10-9(11-8)7(3)4/h6-11H,5H2,1-4H3. The van der Waals surface area contributed by atoms with Gasteiger partial charge in [-0.25, -0.2) is 0 Å². The summed E-state index contributed by atoms with van der Waals surface area (Å²) < 4.78 is 0. The van der Waals surface area contributed by atoms with E-state index >= 15 is 0 Å². The van der Waals surface area contributed by atoms with Gasteiger partial charge in [0.15, 0.2) is 0 Å². The van der Waals surface area contributed by atoms with Gasteiger partial charge in [0.05, 0.1) is 6.17 Å². The van der Waals surface area contributed by atoms with Crippen LogP contribution in [-0.2, 0) is 0 Å². The lowest BCUT2D eigenvalue weighted by Crippen LogP contribution is -2.39. The first-order valence-corrected chi connectivity index (χ1v) is 4.60. The predicted molar refractivity (Wildman–Crippen MR) is 48.4 cm³/mol. The van der Waals surface area contributed by atoms with Crippen molar-refractivity contribution in [1.82, 2.24) is 10.6 Å². The zero-order valence-electron chi connectivity index (χ0n) is 8.02. The third-order valence-corrected chi connectivity index (χ3v) is 2.42. The molecule has 0 bridgehead atoms. The highest BCUT2D eigenvalue weighted by atomic mass is 15.2. The Kier molecular flexibility index (Phi) is 2.90. The molecule has 1 aliphatic rings. The highest BCUT2D eigenvalue weighted by Gasteiger charge is 2.26. The molecule has 0 amide bonds. The van der Waals surface area contributed by atoms with Crippen molar-refractivity contribution in [2.24, 2.45) is 11.8 Å². The second kappa shape index (κ2) is 3.55. The van der Waals surface area contributed by atoms with Gasteiger partial charge < -0.3 is 5.32 Å². The van der Waals surface area contributed by atoms with Gasteiger partial charge in [-0.2, -0.15) is 0 Å². The SMILES string of the molecule is CC(C)C1CNC(C(C)C)N1. The van der Waals surface area contributed by atoms with Crippen molar-refractivity contribution in [3.05, 3.63) is 0 Å². The van der Waals surface area contributed by atoms with Gasteiger partial charge in [0.2, 0.25) is 0 Å². The molecule has 0 saturated carbocycles. The minimum absolute atomic E-state index is 0.530. The highest BCUT2D eigenvalue weighted by molar-refractivity contribution is 4.86. The summed E-state index contributed by atoms with van der Waals surface area (Å²) >= 11 is 0. The quantitative estimate of drug-likeness (QED) is 0.627. The molecule has 2 heteroatoms. The van der Waals surface area contributed by atoms with Crippen LogP contribution < -0.4 is 10.6 Å². The fourth-order valence-electron chi connectivity index (χ4n) is 1.46. The Balaban J connectivity index is 2.35. The summed E-state index contributed by atoms with van der Waals surface area (Å²) in [5.41, 5.74) is 0. The van der Waals surface area contributed by atoms with Crippen molar-refractivity contribution in [2.75, 3.05) is 6.54 Å². The van der Waals surface area contributed by atoms with Gasteiger partial charge in [0.25, 0.3) is 0 Å². The first kappa shape index (κ1) is 9.01. The molecule has 1 rings (SSSR count). The summed E-state index contributed by atoms with van der Waals surface area (Å²) in [6.07, 6.45) is 0.530. The number of nitrogens with one attached hydrogen (secondary N) is 2. The average Bonchev–Trinajstić information content (AvgIpc) is 2.33. The van der Waals surface area contributed by atoms with Crippen LogP contribution in [0.1, 0.15) is 27.7 Å². The normalized spacial score (nSPS) is 32.2. The van der Waals surface area contributed by atoms with Crippen LogP contribution in [0.4, 0.5) is 0 Å². The zero-order valence-corrected chi connectivity index (χ0v) is 8.02. The van der Waals surface area contributed by atoms with Gasteiger partial charge in [0, 0.05) is 12.6 Å². The van der Waals surface area contributed by atoms with Crippen LogP contribution in [0.2, 0.25) is 0 Å². The summed E-state index contributed by atoms with van der Waals surface area (Å²) in [6, 6.07) is 0.669. The molecular weight excluding hydrogens is 136 g/mol. The van der Waals surface area contributed by atoms with Crippen molar-refractivity contribution >= 4 is 0 Å². The average molecular weight is 156 g/mol. The first-order chi connectivity index (χ1) is 5.11. The first-order valence-electron chi connectivity index (χ1n) is 4.60. The van der Waals surface area contributed by atoms with E-state index in [1.54, 1.807) is 0 Å². The summed E-state index contributed by atoms with van der Waals surface area (Å²) in [7, 11) is 0. The fraction of sp³-hybridized carbons (Fsp3) is 1.00. The van der Waals surface area contributed by atoms with Crippen LogP contribution in [0.25, 0.3) is 0 Å². The Bertz CT molecular complexity index is 107. The van der Waals surface area contributed by atoms with Gasteiger partial charge in [0.1, 0.15) is 0 Å². The Morgan fingerprint density at radius 1 is 1.09 bits per heavy atom. The van der Waals surface area contributed by atoms with E-state index in [0.717, 1.165) is 12.5 Å². The molecule has 2 N–H and O–H groups in total. The van der Waals surface area contributed by atoms with Crippen LogP contribution in [0.5, 0.6) is 0 Å². The van der Waals surface area contributed by atoms with Crippen LogP contribution in [0.3, 0.4) is 0 Å². The second-order valence-corrected chi connectivity index (χ2v) is 4.15. The van der Waals surface area contributed by atoms with Crippen molar-refractivity contribution in [3.8, 4) is 0 Å². The molecule has 1 saturated heterocycles. The van der Waals surface area contributed by atoms with Crippen molar-refractivity contribution in [1.29, 1.82) is 0 Å². The Morgan fingerprint density at radius 2 is 1.73 bits per heavy atom. The molecule has 0 aliphatic carbocycles. The molecule has 2 unspecified atom stereocenters.